The van der Waals surface area contributed by atoms with Crippen molar-refractivity contribution in [2.45, 2.75) is 26.9 Å². The maximum Gasteiger partial charge on any atom is 0.275 e. The lowest BCUT2D eigenvalue weighted by molar-refractivity contribution is -0.132. The van der Waals surface area contributed by atoms with Gasteiger partial charge in [0.2, 0.25) is 12.7 Å². The summed E-state index contributed by atoms with van der Waals surface area (Å²) in [5.74, 6) is 1.23. The second-order valence-corrected chi connectivity index (χ2v) is 6.69. The molecular formula is C21H21N3O4. The summed E-state index contributed by atoms with van der Waals surface area (Å²) in [7, 11) is 0. The molecule has 1 amide bonds. The molecule has 0 radical (unpaired) electrons. The highest BCUT2D eigenvalue weighted by Crippen LogP contribution is 2.32. The Morgan fingerprint density at radius 3 is 2.68 bits per heavy atom. The Morgan fingerprint density at radius 1 is 1.14 bits per heavy atom. The van der Waals surface area contributed by atoms with Gasteiger partial charge in [0.15, 0.2) is 11.5 Å². The predicted molar refractivity (Wildman–Crippen MR) is 104 cm³/mol. The first-order valence-electron chi connectivity index (χ1n) is 9.19. The van der Waals surface area contributed by atoms with Crippen molar-refractivity contribution in [2.75, 3.05) is 13.3 Å². The van der Waals surface area contributed by atoms with Crippen molar-refractivity contribution >= 4 is 16.7 Å². The molecule has 7 heteroatoms. The van der Waals surface area contributed by atoms with E-state index in [1.807, 2.05) is 50.2 Å². The van der Waals surface area contributed by atoms with Crippen molar-refractivity contribution in [3.05, 3.63) is 64.1 Å². The standard InChI is InChI=1S/C21H21N3O4/c1-3-23(11-15-8-9-18-19(10-15)28-13-27-18)20(25)12-24-21(26)17-7-5-4-6-16(17)14(2)22-24/h4-10H,3,11-13H2,1-2H3. The van der Waals surface area contributed by atoms with E-state index in [9.17, 15) is 9.59 Å². The average Bonchev–Trinajstić information content (AvgIpc) is 3.17. The van der Waals surface area contributed by atoms with E-state index in [-0.39, 0.29) is 24.8 Å². The van der Waals surface area contributed by atoms with Gasteiger partial charge >= 0.3 is 0 Å². The highest BCUT2D eigenvalue weighted by Gasteiger charge is 2.18. The van der Waals surface area contributed by atoms with Crippen molar-refractivity contribution < 1.29 is 14.3 Å². The molecule has 2 aromatic carbocycles. The van der Waals surface area contributed by atoms with E-state index in [0.717, 1.165) is 16.6 Å². The Hall–Kier alpha value is -3.35. The van der Waals surface area contributed by atoms with E-state index in [0.29, 0.717) is 30.0 Å². The maximum absolute atomic E-state index is 12.9. The summed E-state index contributed by atoms with van der Waals surface area (Å²) in [5.41, 5.74) is 1.41. The Bertz CT molecular complexity index is 1110. The third kappa shape index (κ3) is 3.31. The molecule has 0 aliphatic carbocycles. The number of benzene rings is 2. The van der Waals surface area contributed by atoms with Crippen LogP contribution in [0.15, 0.2) is 47.3 Å². The predicted octanol–water partition coefficient (Wildman–Crippen LogP) is 2.48. The van der Waals surface area contributed by atoms with E-state index < -0.39 is 0 Å². The van der Waals surface area contributed by atoms with E-state index in [1.54, 1.807) is 11.0 Å². The lowest BCUT2D eigenvalue weighted by atomic mass is 10.1. The van der Waals surface area contributed by atoms with Crippen LogP contribution in [0.5, 0.6) is 11.5 Å². The van der Waals surface area contributed by atoms with E-state index in [1.165, 1.54) is 4.68 Å². The summed E-state index contributed by atoms with van der Waals surface area (Å²) in [6.45, 7) is 4.82. The minimum absolute atomic E-state index is 0.0943. The fraction of sp³-hybridized carbons (Fsp3) is 0.286. The van der Waals surface area contributed by atoms with Crippen molar-refractivity contribution in [3.63, 3.8) is 0 Å². The molecule has 28 heavy (non-hydrogen) atoms. The Kier molecular flexibility index (Phi) is 4.73. The number of hydrogen-bond acceptors (Lipinski definition) is 5. The van der Waals surface area contributed by atoms with Gasteiger partial charge in [-0.15, -0.1) is 0 Å². The van der Waals surface area contributed by atoms with Gasteiger partial charge in [0, 0.05) is 18.5 Å². The third-order valence-electron chi connectivity index (χ3n) is 4.88. The van der Waals surface area contributed by atoms with Crippen LogP contribution in [0.3, 0.4) is 0 Å². The second kappa shape index (κ2) is 7.34. The van der Waals surface area contributed by atoms with Crippen LogP contribution in [0.2, 0.25) is 0 Å². The summed E-state index contributed by atoms with van der Waals surface area (Å²) in [5, 5.41) is 5.71. The van der Waals surface area contributed by atoms with Gasteiger partial charge in [-0.2, -0.15) is 5.10 Å². The fourth-order valence-electron chi connectivity index (χ4n) is 3.38. The number of amides is 1. The zero-order chi connectivity index (χ0) is 19.7. The highest BCUT2D eigenvalue weighted by molar-refractivity contribution is 5.83. The highest BCUT2D eigenvalue weighted by atomic mass is 16.7. The van der Waals surface area contributed by atoms with Gasteiger partial charge in [-0.1, -0.05) is 24.3 Å². The minimum Gasteiger partial charge on any atom is -0.454 e. The van der Waals surface area contributed by atoms with Gasteiger partial charge in [0.05, 0.1) is 11.1 Å². The van der Waals surface area contributed by atoms with Crippen LogP contribution < -0.4 is 15.0 Å². The molecule has 144 valence electrons. The fourth-order valence-corrected chi connectivity index (χ4v) is 3.38. The zero-order valence-electron chi connectivity index (χ0n) is 15.8. The molecule has 0 unspecified atom stereocenters. The van der Waals surface area contributed by atoms with Crippen LogP contribution >= 0.6 is 0 Å². The number of rotatable bonds is 5. The maximum atomic E-state index is 12.9. The van der Waals surface area contributed by atoms with Gasteiger partial charge in [0.1, 0.15) is 6.54 Å². The van der Waals surface area contributed by atoms with Crippen LogP contribution in [-0.2, 0) is 17.9 Å². The monoisotopic (exact) mass is 379 g/mol. The molecule has 0 spiro atoms. The van der Waals surface area contributed by atoms with Crippen molar-refractivity contribution in [1.29, 1.82) is 0 Å². The molecule has 0 bridgehead atoms. The number of hydrogen-bond donors (Lipinski definition) is 0. The number of aryl methyl sites for hydroxylation is 1. The molecule has 1 aromatic heterocycles. The van der Waals surface area contributed by atoms with Crippen molar-refractivity contribution in [1.82, 2.24) is 14.7 Å². The Balaban J connectivity index is 1.56. The lowest BCUT2D eigenvalue weighted by Crippen LogP contribution is -2.37. The molecule has 0 saturated heterocycles. The normalized spacial score (nSPS) is 12.4. The van der Waals surface area contributed by atoms with Gasteiger partial charge in [0.25, 0.3) is 5.56 Å². The summed E-state index contributed by atoms with van der Waals surface area (Å²) in [6, 6.07) is 12.9. The number of aromatic nitrogens is 2. The Morgan fingerprint density at radius 2 is 1.89 bits per heavy atom. The van der Waals surface area contributed by atoms with Crippen LogP contribution in [0.1, 0.15) is 18.2 Å². The molecule has 0 saturated carbocycles. The summed E-state index contributed by atoms with van der Waals surface area (Å²) >= 11 is 0. The van der Waals surface area contributed by atoms with Crippen molar-refractivity contribution in [2.24, 2.45) is 0 Å². The van der Waals surface area contributed by atoms with Gasteiger partial charge < -0.3 is 14.4 Å². The number of fused-ring (bicyclic) bond motifs is 2. The first-order chi connectivity index (χ1) is 13.6. The molecule has 0 N–H and O–H groups in total. The molecule has 0 atom stereocenters. The van der Waals surface area contributed by atoms with E-state index >= 15 is 0 Å². The molecule has 1 aliphatic heterocycles. The molecule has 4 rings (SSSR count). The molecule has 1 aliphatic rings. The molecule has 3 aromatic rings. The van der Waals surface area contributed by atoms with Gasteiger partial charge in [-0.3, -0.25) is 9.59 Å². The summed E-state index contributed by atoms with van der Waals surface area (Å²) in [6.07, 6.45) is 0. The number of carbonyl (C=O) groups excluding carboxylic acids is 1. The van der Waals surface area contributed by atoms with Crippen LogP contribution in [0.4, 0.5) is 0 Å². The first-order valence-corrected chi connectivity index (χ1v) is 9.19. The van der Waals surface area contributed by atoms with Crippen LogP contribution in [-0.4, -0.2) is 33.9 Å². The topological polar surface area (TPSA) is 73.7 Å². The second-order valence-electron chi connectivity index (χ2n) is 6.69. The SMILES string of the molecule is CCN(Cc1ccc2c(c1)OCO2)C(=O)Cn1nc(C)c2ccccc2c1=O. The smallest absolute Gasteiger partial charge is 0.275 e. The number of nitrogens with zero attached hydrogens (tertiary/aromatic N) is 3. The average molecular weight is 379 g/mol. The largest absolute Gasteiger partial charge is 0.454 e. The lowest BCUT2D eigenvalue weighted by Gasteiger charge is -2.21. The van der Waals surface area contributed by atoms with Gasteiger partial charge in [-0.25, -0.2) is 4.68 Å². The third-order valence-corrected chi connectivity index (χ3v) is 4.88. The number of ether oxygens (including phenoxy) is 2. The first kappa shape index (κ1) is 18.0. The quantitative estimate of drug-likeness (QED) is 0.681. The van der Waals surface area contributed by atoms with Crippen molar-refractivity contribution in [3.8, 4) is 11.5 Å². The molecule has 2 heterocycles. The van der Waals surface area contributed by atoms with E-state index in [4.69, 9.17) is 9.47 Å². The minimum atomic E-state index is -0.256. The van der Waals surface area contributed by atoms with Crippen LogP contribution in [0.25, 0.3) is 10.8 Å². The summed E-state index contributed by atoms with van der Waals surface area (Å²) < 4.78 is 12.0. The van der Waals surface area contributed by atoms with Gasteiger partial charge in [-0.05, 0) is 37.6 Å². The number of likely N-dealkylation sites (N-methyl/N-ethyl adjacent to an activating group) is 1. The molecular weight excluding hydrogens is 358 g/mol. The van der Waals surface area contributed by atoms with Crippen LogP contribution in [0, 0.1) is 6.92 Å². The molecule has 0 fully saturated rings. The zero-order valence-corrected chi connectivity index (χ0v) is 15.8. The Labute approximate surface area is 162 Å². The van der Waals surface area contributed by atoms with E-state index in [2.05, 4.69) is 5.10 Å². The number of carbonyl (C=O) groups is 1. The molecule has 7 nitrogen and oxygen atoms in total. The summed E-state index contributed by atoms with van der Waals surface area (Å²) in [4.78, 5) is 27.3.